The fraction of sp³-hybridized carbons (Fsp3) is 1.00. The first-order valence-corrected chi connectivity index (χ1v) is 7.44. The molecule has 4 aliphatic rings. The van der Waals surface area contributed by atoms with Gasteiger partial charge in [0.1, 0.15) is 0 Å². The monoisotopic (exact) mass is 237 g/mol. The van der Waals surface area contributed by atoms with Crippen LogP contribution in [0.15, 0.2) is 0 Å². The van der Waals surface area contributed by atoms with Crippen LogP contribution in [0.2, 0.25) is 0 Å². The molecule has 4 aliphatic carbocycles. The van der Waals surface area contributed by atoms with Crippen LogP contribution in [-0.2, 0) is 4.74 Å². The van der Waals surface area contributed by atoms with Crippen molar-refractivity contribution in [2.24, 2.45) is 28.9 Å². The lowest BCUT2D eigenvalue weighted by Gasteiger charge is -2.58. The highest BCUT2D eigenvalue weighted by molar-refractivity contribution is 5.05. The summed E-state index contributed by atoms with van der Waals surface area (Å²) < 4.78 is 5.77. The Morgan fingerprint density at radius 3 is 1.94 bits per heavy atom. The maximum atomic E-state index is 6.50. The number of rotatable bonds is 4. The second-order valence-corrected chi connectivity index (χ2v) is 7.27. The van der Waals surface area contributed by atoms with Crippen molar-refractivity contribution >= 4 is 0 Å². The molecule has 4 rings (SSSR count). The van der Waals surface area contributed by atoms with Crippen molar-refractivity contribution in [1.29, 1.82) is 0 Å². The first kappa shape index (κ1) is 12.0. The predicted molar refractivity (Wildman–Crippen MR) is 69.7 cm³/mol. The highest BCUT2D eigenvalue weighted by Gasteiger charge is 2.53. The Labute approximate surface area is 105 Å². The number of ether oxygens (including phenoxy) is 1. The summed E-state index contributed by atoms with van der Waals surface area (Å²) in [5.74, 6) is 2.98. The largest absolute Gasteiger partial charge is 0.377 e. The molecule has 4 bridgehead atoms. The van der Waals surface area contributed by atoms with E-state index in [1.165, 1.54) is 38.5 Å². The van der Waals surface area contributed by atoms with E-state index in [1.54, 1.807) is 0 Å². The molecule has 2 nitrogen and oxygen atoms in total. The van der Waals surface area contributed by atoms with E-state index in [2.05, 4.69) is 13.8 Å². The van der Waals surface area contributed by atoms with Crippen LogP contribution in [0.25, 0.3) is 0 Å². The summed E-state index contributed by atoms with van der Waals surface area (Å²) in [4.78, 5) is 0. The third-order valence-electron chi connectivity index (χ3n) is 5.48. The maximum absolute atomic E-state index is 6.50. The van der Waals surface area contributed by atoms with Crippen molar-refractivity contribution in [3.8, 4) is 0 Å². The van der Waals surface area contributed by atoms with Gasteiger partial charge in [0.05, 0.1) is 12.7 Å². The molecule has 2 N–H and O–H groups in total. The fourth-order valence-electron chi connectivity index (χ4n) is 5.10. The second-order valence-electron chi connectivity index (χ2n) is 7.27. The van der Waals surface area contributed by atoms with Gasteiger partial charge < -0.3 is 10.5 Å². The van der Waals surface area contributed by atoms with Crippen LogP contribution in [0.3, 0.4) is 0 Å². The van der Waals surface area contributed by atoms with Crippen molar-refractivity contribution in [1.82, 2.24) is 0 Å². The number of hydrogen-bond donors (Lipinski definition) is 1. The fourth-order valence-corrected chi connectivity index (χ4v) is 5.10. The molecular weight excluding hydrogens is 210 g/mol. The minimum absolute atomic E-state index is 0.276. The number of hydrogen-bond acceptors (Lipinski definition) is 2. The molecule has 0 aliphatic heterocycles. The Hall–Kier alpha value is -0.0800. The Morgan fingerprint density at radius 2 is 1.53 bits per heavy atom. The SMILES string of the molecule is CC(C)OCC(N)C12CC3CC(CC(C3)C1)C2. The normalized spacial score (nSPS) is 45.5. The molecule has 0 radical (unpaired) electrons. The molecule has 2 heteroatoms. The van der Waals surface area contributed by atoms with Crippen LogP contribution in [-0.4, -0.2) is 18.8 Å². The Morgan fingerprint density at radius 1 is 1.06 bits per heavy atom. The van der Waals surface area contributed by atoms with E-state index in [9.17, 15) is 0 Å². The molecule has 4 saturated carbocycles. The first-order chi connectivity index (χ1) is 8.07. The topological polar surface area (TPSA) is 35.2 Å². The average Bonchev–Trinajstić information content (AvgIpc) is 2.23. The molecule has 0 amide bonds. The predicted octanol–water partition coefficient (Wildman–Crippen LogP) is 2.96. The molecule has 0 aromatic rings. The minimum Gasteiger partial charge on any atom is -0.377 e. The zero-order valence-corrected chi connectivity index (χ0v) is 11.3. The van der Waals surface area contributed by atoms with Gasteiger partial charge in [0, 0.05) is 6.04 Å². The molecule has 0 saturated heterocycles. The Balaban J connectivity index is 1.68. The van der Waals surface area contributed by atoms with Gasteiger partial charge in [0.2, 0.25) is 0 Å². The molecule has 1 unspecified atom stereocenters. The lowest BCUT2D eigenvalue weighted by Crippen LogP contribution is -2.56. The van der Waals surface area contributed by atoms with Crippen LogP contribution >= 0.6 is 0 Å². The van der Waals surface area contributed by atoms with Crippen molar-refractivity contribution < 1.29 is 4.74 Å². The van der Waals surface area contributed by atoms with Crippen molar-refractivity contribution in [3.63, 3.8) is 0 Å². The minimum atomic E-state index is 0.276. The van der Waals surface area contributed by atoms with Crippen molar-refractivity contribution in [3.05, 3.63) is 0 Å². The average molecular weight is 237 g/mol. The van der Waals surface area contributed by atoms with E-state index in [4.69, 9.17) is 10.5 Å². The van der Waals surface area contributed by atoms with Gasteiger partial charge >= 0.3 is 0 Å². The van der Waals surface area contributed by atoms with E-state index < -0.39 is 0 Å². The van der Waals surface area contributed by atoms with Crippen molar-refractivity contribution in [2.45, 2.75) is 64.5 Å². The molecule has 17 heavy (non-hydrogen) atoms. The van der Waals surface area contributed by atoms with E-state index in [0.717, 1.165) is 24.4 Å². The molecule has 4 fully saturated rings. The summed E-state index contributed by atoms with van der Waals surface area (Å²) in [5.41, 5.74) is 6.94. The Bertz CT molecular complexity index is 251. The van der Waals surface area contributed by atoms with Gasteiger partial charge in [-0.1, -0.05) is 0 Å². The highest BCUT2D eigenvalue weighted by Crippen LogP contribution is 2.60. The zero-order valence-electron chi connectivity index (χ0n) is 11.3. The van der Waals surface area contributed by atoms with E-state index in [1.807, 2.05) is 0 Å². The van der Waals surface area contributed by atoms with Gasteiger partial charge in [0.25, 0.3) is 0 Å². The lowest BCUT2D eigenvalue weighted by molar-refractivity contribution is -0.0849. The van der Waals surface area contributed by atoms with Gasteiger partial charge in [-0.25, -0.2) is 0 Å². The second kappa shape index (κ2) is 4.24. The molecule has 1 atom stereocenters. The van der Waals surface area contributed by atoms with Crippen LogP contribution in [0, 0.1) is 23.2 Å². The highest BCUT2D eigenvalue weighted by atomic mass is 16.5. The van der Waals surface area contributed by atoms with E-state index >= 15 is 0 Å². The molecular formula is C15H27NO. The molecule has 0 heterocycles. The van der Waals surface area contributed by atoms with Gasteiger partial charge in [-0.05, 0) is 75.5 Å². The Kier molecular flexibility index (Phi) is 2.99. The van der Waals surface area contributed by atoms with Gasteiger partial charge in [-0.2, -0.15) is 0 Å². The lowest BCUT2D eigenvalue weighted by atomic mass is 9.48. The summed E-state index contributed by atoms with van der Waals surface area (Å²) >= 11 is 0. The summed E-state index contributed by atoms with van der Waals surface area (Å²) in [6, 6.07) is 0.276. The van der Waals surface area contributed by atoms with E-state index in [0.29, 0.717) is 11.5 Å². The summed E-state index contributed by atoms with van der Waals surface area (Å²) in [6.45, 7) is 4.97. The molecule has 0 aromatic carbocycles. The van der Waals surface area contributed by atoms with Gasteiger partial charge in [0.15, 0.2) is 0 Å². The zero-order chi connectivity index (χ0) is 12.0. The van der Waals surface area contributed by atoms with Crippen LogP contribution in [0.4, 0.5) is 0 Å². The van der Waals surface area contributed by atoms with Crippen LogP contribution < -0.4 is 5.73 Å². The summed E-state index contributed by atoms with van der Waals surface area (Å²) in [6.07, 6.45) is 8.98. The quantitative estimate of drug-likeness (QED) is 0.816. The third kappa shape index (κ3) is 2.15. The third-order valence-corrected chi connectivity index (χ3v) is 5.48. The first-order valence-electron chi connectivity index (χ1n) is 7.44. The van der Waals surface area contributed by atoms with E-state index in [-0.39, 0.29) is 6.04 Å². The van der Waals surface area contributed by atoms with Crippen LogP contribution in [0.1, 0.15) is 52.4 Å². The smallest absolute Gasteiger partial charge is 0.0626 e. The van der Waals surface area contributed by atoms with Crippen molar-refractivity contribution in [2.75, 3.05) is 6.61 Å². The molecule has 98 valence electrons. The van der Waals surface area contributed by atoms with Gasteiger partial charge in [-0.15, -0.1) is 0 Å². The standard InChI is InChI=1S/C15H27NO/c1-10(2)17-9-14(16)15-6-11-3-12(7-15)5-13(4-11)8-15/h10-14H,3-9,16H2,1-2H3. The van der Waals surface area contributed by atoms with Gasteiger partial charge in [-0.3, -0.25) is 0 Å². The molecule has 0 aromatic heterocycles. The number of nitrogens with two attached hydrogens (primary N) is 1. The maximum Gasteiger partial charge on any atom is 0.0626 e. The van der Waals surface area contributed by atoms with Crippen LogP contribution in [0.5, 0.6) is 0 Å². The summed E-state index contributed by atoms with van der Waals surface area (Å²) in [5, 5.41) is 0. The summed E-state index contributed by atoms with van der Waals surface area (Å²) in [7, 11) is 0. The molecule has 0 spiro atoms.